The smallest absolute Gasteiger partial charge is 0.255 e. The van der Waals surface area contributed by atoms with Crippen LogP contribution in [0.25, 0.3) is 0 Å². The van der Waals surface area contributed by atoms with Gasteiger partial charge in [-0.2, -0.15) is 0 Å². The zero-order valence-corrected chi connectivity index (χ0v) is 17.1. The van der Waals surface area contributed by atoms with Gasteiger partial charge in [-0.05, 0) is 53.6 Å². The van der Waals surface area contributed by atoms with Crippen molar-refractivity contribution in [3.8, 4) is 0 Å². The van der Waals surface area contributed by atoms with E-state index in [1.54, 1.807) is 12.1 Å². The van der Waals surface area contributed by atoms with Crippen LogP contribution in [0.15, 0.2) is 42.5 Å². The van der Waals surface area contributed by atoms with Crippen molar-refractivity contribution in [2.24, 2.45) is 0 Å². The molecule has 0 fully saturated rings. The summed E-state index contributed by atoms with van der Waals surface area (Å²) in [6.07, 6.45) is 2.73. The lowest BCUT2D eigenvalue weighted by Gasteiger charge is -2.29. The average molecular weight is 387 g/mol. The fraction of sp³-hybridized carbons (Fsp3) is 0.381. The highest BCUT2D eigenvalue weighted by Crippen LogP contribution is 2.32. The highest BCUT2D eigenvalue weighted by Gasteiger charge is 2.25. The predicted octanol–water partition coefficient (Wildman–Crippen LogP) is 3.95. The zero-order chi connectivity index (χ0) is 19.8. The predicted molar refractivity (Wildman–Crippen MR) is 110 cm³/mol. The van der Waals surface area contributed by atoms with E-state index in [1.807, 2.05) is 30.3 Å². The van der Waals surface area contributed by atoms with E-state index in [2.05, 4.69) is 26.1 Å². The van der Waals surface area contributed by atoms with Gasteiger partial charge in [0.1, 0.15) is 0 Å². The SMILES string of the molecule is CC(C)(C)c1ccccc1NC(=O)c1ccc2c(c1)CCCN2S(C)(=O)=O. The molecule has 1 aliphatic rings. The van der Waals surface area contributed by atoms with E-state index < -0.39 is 10.0 Å². The standard InChI is InChI=1S/C21H26N2O3S/c1-21(2,3)17-9-5-6-10-18(17)22-20(24)16-11-12-19-15(14-16)8-7-13-23(19)27(4,25)26/h5-6,9-12,14H,7-8,13H2,1-4H3,(H,22,24). The molecule has 0 aromatic heterocycles. The van der Waals surface area contributed by atoms with Gasteiger partial charge in [0.05, 0.1) is 11.9 Å². The van der Waals surface area contributed by atoms with Crippen molar-refractivity contribution in [1.29, 1.82) is 0 Å². The van der Waals surface area contributed by atoms with Crippen LogP contribution in [0.2, 0.25) is 0 Å². The normalized spacial score (nSPS) is 14.6. The molecule has 0 radical (unpaired) electrons. The monoisotopic (exact) mass is 386 g/mol. The largest absolute Gasteiger partial charge is 0.322 e. The first-order chi connectivity index (χ1) is 12.6. The van der Waals surface area contributed by atoms with Gasteiger partial charge in [-0.1, -0.05) is 39.0 Å². The molecule has 0 spiro atoms. The Kier molecular flexibility index (Phi) is 5.04. The second-order valence-corrected chi connectivity index (χ2v) is 9.94. The van der Waals surface area contributed by atoms with Crippen molar-refractivity contribution < 1.29 is 13.2 Å². The van der Waals surface area contributed by atoms with Crippen LogP contribution in [0.3, 0.4) is 0 Å². The molecule has 5 nitrogen and oxygen atoms in total. The van der Waals surface area contributed by atoms with Gasteiger partial charge in [-0.25, -0.2) is 8.42 Å². The number of nitrogens with one attached hydrogen (secondary N) is 1. The van der Waals surface area contributed by atoms with Crippen molar-refractivity contribution >= 4 is 27.3 Å². The summed E-state index contributed by atoms with van der Waals surface area (Å²) in [5.74, 6) is -0.189. The first kappa shape index (κ1) is 19.4. The van der Waals surface area contributed by atoms with Crippen molar-refractivity contribution in [1.82, 2.24) is 0 Å². The number of para-hydroxylation sites is 1. The minimum Gasteiger partial charge on any atom is -0.322 e. The molecule has 2 aromatic carbocycles. The van der Waals surface area contributed by atoms with Gasteiger partial charge >= 0.3 is 0 Å². The highest BCUT2D eigenvalue weighted by molar-refractivity contribution is 7.92. The number of amides is 1. The molecular formula is C21H26N2O3S. The lowest BCUT2D eigenvalue weighted by atomic mass is 9.86. The van der Waals surface area contributed by atoms with Crippen LogP contribution in [0.5, 0.6) is 0 Å². The Labute approximate surface area is 161 Å². The molecule has 1 amide bonds. The maximum Gasteiger partial charge on any atom is 0.255 e. The number of hydrogen-bond donors (Lipinski definition) is 1. The van der Waals surface area contributed by atoms with Crippen LogP contribution < -0.4 is 9.62 Å². The molecule has 1 N–H and O–H groups in total. The van der Waals surface area contributed by atoms with Crippen molar-refractivity contribution in [2.45, 2.75) is 39.0 Å². The van der Waals surface area contributed by atoms with Crippen LogP contribution >= 0.6 is 0 Å². The second-order valence-electron chi connectivity index (χ2n) is 8.03. The van der Waals surface area contributed by atoms with Crippen molar-refractivity contribution in [3.05, 3.63) is 59.2 Å². The number of carbonyl (C=O) groups is 1. The molecular weight excluding hydrogens is 360 g/mol. The molecule has 144 valence electrons. The number of carbonyl (C=O) groups excluding carboxylic acids is 1. The number of rotatable bonds is 3. The summed E-state index contributed by atoms with van der Waals surface area (Å²) in [5, 5.41) is 3.01. The fourth-order valence-electron chi connectivity index (χ4n) is 3.49. The summed E-state index contributed by atoms with van der Waals surface area (Å²) >= 11 is 0. The number of hydrogen-bond acceptors (Lipinski definition) is 3. The summed E-state index contributed by atoms with van der Waals surface area (Å²) in [5.41, 5.74) is 3.88. The molecule has 0 unspecified atom stereocenters. The summed E-state index contributed by atoms with van der Waals surface area (Å²) in [7, 11) is -3.31. The number of anilines is 2. The molecule has 6 heteroatoms. The molecule has 3 rings (SSSR count). The molecule has 1 aliphatic heterocycles. The van der Waals surface area contributed by atoms with Crippen LogP contribution in [-0.4, -0.2) is 27.1 Å². The number of aryl methyl sites for hydroxylation is 1. The Balaban J connectivity index is 1.90. The minimum atomic E-state index is -3.31. The molecule has 0 saturated carbocycles. The molecule has 0 saturated heterocycles. The van der Waals surface area contributed by atoms with Crippen LogP contribution in [0, 0.1) is 0 Å². The number of benzene rings is 2. The van der Waals surface area contributed by atoms with Gasteiger partial charge in [0.25, 0.3) is 5.91 Å². The van der Waals surface area contributed by atoms with Crippen molar-refractivity contribution in [2.75, 3.05) is 22.4 Å². The van der Waals surface area contributed by atoms with Gasteiger partial charge in [0.2, 0.25) is 10.0 Å². The minimum absolute atomic E-state index is 0.0876. The van der Waals surface area contributed by atoms with Crippen LogP contribution in [0.4, 0.5) is 11.4 Å². The Morgan fingerprint density at radius 2 is 1.81 bits per heavy atom. The third-order valence-electron chi connectivity index (χ3n) is 4.80. The van der Waals surface area contributed by atoms with Crippen LogP contribution in [-0.2, 0) is 21.9 Å². The fourth-order valence-corrected chi connectivity index (χ4v) is 4.49. The Morgan fingerprint density at radius 3 is 2.48 bits per heavy atom. The van der Waals surface area contributed by atoms with E-state index in [1.165, 1.54) is 10.6 Å². The number of nitrogens with zero attached hydrogens (tertiary/aromatic N) is 1. The lowest BCUT2D eigenvalue weighted by Crippen LogP contribution is -2.34. The number of sulfonamides is 1. The van der Waals surface area contributed by atoms with Gasteiger partial charge in [0, 0.05) is 17.8 Å². The van der Waals surface area contributed by atoms with E-state index in [0.29, 0.717) is 17.8 Å². The topological polar surface area (TPSA) is 66.5 Å². The van der Waals surface area contributed by atoms with Crippen molar-refractivity contribution in [3.63, 3.8) is 0 Å². The Bertz CT molecular complexity index is 975. The molecule has 1 heterocycles. The maximum atomic E-state index is 12.8. The van der Waals surface area contributed by atoms with Gasteiger partial charge < -0.3 is 5.32 Å². The highest BCUT2D eigenvalue weighted by atomic mass is 32.2. The zero-order valence-electron chi connectivity index (χ0n) is 16.2. The Morgan fingerprint density at radius 1 is 1.11 bits per heavy atom. The third kappa shape index (κ3) is 4.16. The molecule has 27 heavy (non-hydrogen) atoms. The first-order valence-corrected chi connectivity index (χ1v) is 10.9. The van der Waals surface area contributed by atoms with Gasteiger partial charge in [0.15, 0.2) is 0 Å². The summed E-state index contributed by atoms with van der Waals surface area (Å²) in [6, 6.07) is 13.0. The Hall–Kier alpha value is -2.34. The average Bonchev–Trinajstić information content (AvgIpc) is 2.59. The van der Waals surface area contributed by atoms with E-state index in [0.717, 1.165) is 29.7 Å². The maximum absolute atomic E-state index is 12.8. The first-order valence-electron chi connectivity index (χ1n) is 9.09. The molecule has 0 aliphatic carbocycles. The summed E-state index contributed by atoms with van der Waals surface area (Å²) in [6.45, 7) is 6.81. The van der Waals surface area contributed by atoms with E-state index in [4.69, 9.17) is 0 Å². The molecule has 0 atom stereocenters. The molecule has 0 bridgehead atoms. The summed E-state index contributed by atoms with van der Waals surface area (Å²) < 4.78 is 25.4. The second kappa shape index (κ2) is 7.00. The van der Waals surface area contributed by atoms with Gasteiger partial charge in [-0.3, -0.25) is 9.10 Å². The van der Waals surface area contributed by atoms with E-state index in [-0.39, 0.29) is 11.3 Å². The summed E-state index contributed by atoms with van der Waals surface area (Å²) in [4.78, 5) is 12.8. The molecule has 2 aromatic rings. The van der Waals surface area contributed by atoms with E-state index >= 15 is 0 Å². The van der Waals surface area contributed by atoms with E-state index in [9.17, 15) is 13.2 Å². The lowest BCUT2D eigenvalue weighted by molar-refractivity contribution is 0.102. The quantitative estimate of drug-likeness (QED) is 0.869. The number of fused-ring (bicyclic) bond motifs is 1. The van der Waals surface area contributed by atoms with Gasteiger partial charge in [-0.15, -0.1) is 0 Å². The van der Waals surface area contributed by atoms with Crippen LogP contribution in [0.1, 0.15) is 48.7 Å². The third-order valence-corrected chi connectivity index (χ3v) is 5.98.